The zero-order valence-electron chi connectivity index (χ0n) is 14.9. The maximum atomic E-state index is 12.7. The summed E-state index contributed by atoms with van der Waals surface area (Å²) >= 11 is 0. The molecule has 0 heterocycles. The van der Waals surface area contributed by atoms with E-state index in [2.05, 4.69) is 12.2 Å². The highest BCUT2D eigenvalue weighted by molar-refractivity contribution is 5.46. The van der Waals surface area contributed by atoms with Crippen LogP contribution in [0, 0.1) is 23.2 Å². The number of hydrogen-bond acceptors (Lipinski definition) is 1. The van der Waals surface area contributed by atoms with Crippen molar-refractivity contribution in [1.82, 2.24) is 0 Å². The molecule has 0 amide bonds. The second-order valence-corrected chi connectivity index (χ2v) is 8.95. The van der Waals surface area contributed by atoms with Crippen molar-refractivity contribution in [3.8, 4) is 0 Å². The molecule has 1 unspecified atom stereocenters. The third-order valence-corrected chi connectivity index (χ3v) is 6.92. The summed E-state index contributed by atoms with van der Waals surface area (Å²) in [6, 6.07) is 5.86. The Morgan fingerprint density at radius 3 is 1.96 bits per heavy atom. The fourth-order valence-electron chi connectivity index (χ4n) is 6.35. The van der Waals surface area contributed by atoms with E-state index in [-0.39, 0.29) is 0 Å². The molecule has 0 radical (unpaired) electrons. The molecule has 0 aliphatic heterocycles. The lowest BCUT2D eigenvalue weighted by Gasteiger charge is -2.57. The van der Waals surface area contributed by atoms with Gasteiger partial charge < -0.3 is 5.32 Å². The van der Waals surface area contributed by atoms with Crippen molar-refractivity contribution in [3.05, 3.63) is 29.8 Å². The Morgan fingerprint density at radius 2 is 1.52 bits per heavy atom. The first-order valence-electron chi connectivity index (χ1n) is 9.79. The van der Waals surface area contributed by atoms with Crippen LogP contribution in [-0.4, -0.2) is 6.04 Å². The van der Waals surface area contributed by atoms with E-state index >= 15 is 0 Å². The van der Waals surface area contributed by atoms with Gasteiger partial charge in [0.2, 0.25) is 0 Å². The van der Waals surface area contributed by atoms with Gasteiger partial charge in [0.25, 0.3) is 0 Å². The van der Waals surface area contributed by atoms with E-state index in [1.807, 2.05) is 0 Å². The van der Waals surface area contributed by atoms with E-state index in [4.69, 9.17) is 0 Å². The summed E-state index contributed by atoms with van der Waals surface area (Å²) < 4.78 is 38.2. The van der Waals surface area contributed by atoms with Gasteiger partial charge in [-0.15, -0.1) is 0 Å². The molecule has 5 rings (SSSR count). The average Bonchev–Trinajstić information content (AvgIpc) is 2.52. The van der Waals surface area contributed by atoms with Crippen molar-refractivity contribution in [2.75, 3.05) is 5.32 Å². The fourth-order valence-corrected chi connectivity index (χ4v) is 6.35. The number of nitrogens with one attached hydrogen (secondary N) is 1. The molecule has 4 aliphatic carbocycles. The van der Waals surface area contributed by atoms with Gasteiger partial charge >= 0.3 is 6.18 Å². The largest absolute Gasteiger partial charge is 0.416 e. The van der Waals surface area contributed by atoms with Crippen LogP contribution in [0.25, 0.3) is 0 Å². The third-order valence-electron chi connectivity index (χ3n) is 6.92. The van der Waals surface area contributed by atoms with Crippen LogP contribution in [0.2, 0.25) is 0 Å². The average molecular weight is 351 g/mol. The highest BCUT2D eigenvalue weighted by Crippen LogP contribution is 2.61. The van der Waals surface area contributed by atoms with Gasteiger partial charge in [-0.3, -0.25) is 0 Å². The van der Waals surface area contributed by atoms with Crippen molar-refractivity contribution in [3.63, 3.8) is 0 Å². The van der Waals surface area contributed by atoms with E-state index < -0.39 is 11.7 Å². The predicted octanol–water partition coefficient (Wildman–Crippen LogP) is 6.50. The molecule has 1 N–H and O–H groups in total. The second kappa shape index (κ2) is 6.21. The van der Waals surface area contributed by atoms with Gasteiger partial charge in [-0.1, -0.05) is 6.92 Å². The minimum absolute atomic E-state index is 0.355. The Labute approximate surface area is 148 Å². The molecular weight excluding hydrogens is 323 g/mol. The number of alkyl halides is 3. The van der Waals surface area contributed by atoms with Crippen LogP contribution in [0.4, 0.5) is 18.9 Å². The lowest BCUT2D eigenvalue weighted by atomic mass is 9.48. The van der Waals surface area contributed by atoms with Crippen molar-refractivity contribution < 1.29 is 13.2 Å². The maximum absolute atomic E-state index is 12.7. The normalized spacial score (nSPS) is 35.0. The lowest BCUT2D eigenvalue weighted by molar-refractivity contribution is -0.137. The Kier molecular flexibility index (Phi) is 4.28. The molecule has 1 nitrogen and oxygen atoms in total. The molecule has 0 spiro atoms. The number of anilines is 1. The van der Waals surface area contributed by atoms with E-state index in [0.29, 0.717) is 11.5 Å². The van der Waals surface area contributed by atoms with E-state index in [9.17, 15) is 13.2 Å². The molecule has 4 saturated carbocycles. The molecule has 0 aromatic heterocycles. The van der Waals surface area contributed by atoms with Crippen LogP contribution < -0.4 is 5.32 Å². The van der Waals surface area contributed by atoms with Crippen LogP contribution in [0.1, 0.15) is 63.9 Å². The molecule has 1 aromatic rings. The van der Waals surface area contributed by atoms with E-state index in [1.54, 1.807) is 12.1 Å². The molecule has 138 valence electrons. The van der Waals surface area contributed by atoms with Crippen molar-refractivity contribution in [2.45, 2.75) is 70.5 Å². The van der Waals surface area contributed by atoms with E-state index in [0.717, 1.165) is 29.9 Å². The van der Waals surface area contributed by atoms with Crippen LogP contribution in [-0.2, 0) is 6.18 Å². The van der Waals surface area contributed by atoms with Crippen LogP contribution in [0.15, 0.2) is 24.3 Å². The van der Waals surface area contributed by atoms with Crippen LogP contribution >= 0.6 is 0 Å². The minimum atomic E-state index is -4.26. The molecule has 4 bridgehead atoms. The molecule has 4 fully saturated rings. The van der Waals surface area contributed by atoms with Gasteiger partial charge in [0, 0.05) is 11.7 Å². The number of hydrogen-bond donors (Lipinski definition) is 1. The minimum Gasteiger partial charge on any atom is -0.382 e. The summed E-state index contributed by atoms with van der Waals surface area (Å²) in [5.41, 5.74) is 0.727. The number of halogens is 3. The maximum Gasteiger partial charge on any atom is 0.416 e. The molecule has 1 aromatic carbocycles. The zero-order chi connectivity index (χ0) is 17.7. The van der Waals surface area contributed by atoms with Gasteiger partial charge in [0.15, 0.2) is 0 Å². The highest BCUT2D eigenvalue weighted by atomic mass is 19.4. The SMILES string of the molecule is CCC(CC12CC3CC(CC(C3)C1)C2)Nc1ccc(C(F)(F)F)cc1. The van der Waals surface area contributed by atoms with Crippen molar-refractivity contribution in [1.29, 1.82) is 0 Å². The molecule has 1 atom stereocenters. The topological polar surface area (TPSA) is 12.0 Å². The van der Waals surface area contributed by atoms with Gasteiger partial charge in [0.05, 0.1) is 5.56 Å². The Morgan fingerprint density at radius 1 is 1.00 bits per heavy atom. The Hall–Kier alpha value is -1.19. The summed E-state index contributed by atoms with van der Waals surface area (Å²) in [6.07, 6.45) is 6.41. The standard InChI is InChI=1S/C21H28F3N/c1-2-18(25-19-5-3-17(4-6-19)21(22,23)24)13-20-10-14-7-15(11-20)9-16(8-14)12-20/h3-6,14-16,18,25H,2,7-13H2,1H3. The lowest BCUT2D eigenvalue weighted by Crippen LogP contribution is -2.48. The predicted molar refractivity (Wildman–Crippen MR) is 94.4 cm³/mol. The van der Waals surface area contributed by atoms with Gasteiger partial charge in [-0.05, 0) is 98.8 Å². The summed E-state index contributed by atoms with van der Waals surface area (Å²) in [4.78, 5) is 0. The summed E-state index contributed by atoms with van der Waals surface area (Å²) in [5.74, 6) is 2.82. The summed E-state index contributed by atoms with van der Waals surface area (Å²) in [7, 11) is 0. The first kappa shape index (κ1) is 17.2. The molecule has 4 aliphatic rings. The van der Waals surface area contributed by atoms with E-state index in [1.165, 1.54) is 57.1 Å². The van der Waals surface area contributed by atoms with Crippen LogP contribution in [0.3, 0.4) is 0 Å². The zero-order valence-corrected chi connectivity index (χ0v) is 14.9. The quantitative estimate of drug-likeness (QED) is 0.638. The fraction of sp³-hybridized carbons (Fsp3) is 0.714. The molecule has 25 heavy (non-hydrogen) atoms. The third kappa shape index (κ3) is 3.54. The smallest absolute Gasteiger partial charge is 0.382 e. The monoisotopic (exact) mass is 351 g/mol. The Bertz CT molecular complexity index is 569. The summed E-state index contributed by atoms with van der Waals surface area (Å²) in [6.45, 7) is 2.18. The van der Waals surface area contributed by atoms with Gasteiger partial charge in [-0.25, -0.2) is 0 Å². The Balaban J connectivity index is 1.43. The highest BCUT2D eigenvalue weighted by Gasteiger charge is 2.51. The molecule has 0 saturated heterocycles. The van der Waals surface area contributed by atoms with Crippen molar-refractivity contribution in [2.24, 2.45) is 23.2 Å². The van der Waals surface area contributed by atoms with Gasteiger partial charge in [-0.2, -0.15) is 13.2 Å². The first-order chi connectivity index (χ1) is 11.9. The van der Waals surface area contributed by atoms with Crippen molar-refractivity contribution >= 4 is 5.69 Å². The molecule has 4 heteroatoms. The number of benzene rings is 1. The first-order valence-corrected chi connectivity index (χ1v) is 9.79. The summed E-state index contributed by atoms with van der Waals surface area (Å²) in [5, 5.41) is 3.51. The second-order valence-electron chi connectivity index (χ2n) is 8.95. The molecular formula is C21H28F3N. The number of rotatable bonds is 5. The van der Waals surface area contributed by atoms with Gasteiger partial charge in [0.1, 0.15) is 0 Å². The van der Waals surface area contributed by atoms with Crippen LogP contribution in [0.5, 0.6) is 0 Å².